The van der Waals surface area contributed by atoms with Gasteiger partial charge in [0.15, 0.2) is 0 Å². The summed E-state index contributed by atoms with van der Waals surface area (Å²) in [5, 5.41) is 9.09. The van der Waals surface area contributed by atoms with Crippen LogP contribution in [0.25, 0.3) is 0 Å². The van der Waals surface area contributed by atoms with Gasteiger partial charge in [-0.25, -0.2) is 4.79 Å². The minimum atomic E-state index is -5.58. The van der Waals surface area contributed by atoms with Crippen LogP contribution in [0.2, 0.25) is 0 Å². The fourth-order valence-corrected chi connectivity index (χ4v) is 2.36. The van der Waals surface area contributed by atoms with Gasteiger partial charge in [0.25, 0.3) is 0 Å². The van der Waals surface area contributed by atoms with E-state index in [1.54, 1.807) is 12.1 Å². The van der Waals surface area contributed by atoms with Crippen LogP contribution < -0.4 is 0 Å². The fraction of sp³-hybridized carbons (Fsp3) is 0.400. The summed E-state index contributed by atoms with van der Waals surface area (Å²) in [4.78, 5) is 11.1. The van der Waals surface area contributed by atoms with E-state index in [4.69, 9.17) is 5.11 Å². The molecule has 1 aromatic carbocycles. The van der Waals surface area contributed by atoms with Crippen LogP contribution in [-0.2, 0) is 6.42 Å². The van der Waals surface area contributed by atoms with Crippen LogP contribution in [0.5, 0.6) is 0 Å². The number of halogens is 6. The summed E-state index contributed by atoms with van der Waals surface area (Å²) in [6, 6.07) is 4.97. The molecule has 0 spiro atoms. The van der Waals surface area contributed by atoms with Crippen molar-refractivity contribution in [1.82, 2.24) is 0 Å². The summed E-state index contributed by atoms with van der Waals surface area (Å²) in [5.74, 6) is -5.87. The van der Waals surface area contributed by atoms with Crippen LogP contribution in [-0.4, -0.2) is 23.2 Å². The predicted molar refractivity (Wildman–Crippen MR) is 83.8 cm³/mol. The molecule has 0 saturated carbocycles. The number of aryl methyl sites for hydroxylation is 1. The molecule has 1 rings (SSSR count). The van der Waals surface area contributed by atoms with Crippen molar-refractivity contribution >= 4 is 28.6 Å². The van der Waals surface area contributed by atoms with E-state index in [1.807, 2.05) is 22.6 Å². The summed E-state index contributed by atoms with van der Waals surface area (Å²) in [7, 11) is 0. The molecule has 0 amide bonds. The van der Waals surface area contributed by atoms with Gasteiger partial charge in [-0.1, -0.05) is 12.1 Å². The topological polar surface area (TPSA) is 37.3 Å². The Hall–Kier alpha value is -1.19. The average Bonchev–Trinajstić information content (AvgIpc) is 2.42. The van der Waals surface area contributed by atoms with E-state index in [-0.39, 0.29) is 18.1 Å². The number of benzene rings is 1. The molecule has 0 saturated heterocycles. The smallest absolute Gasteiger partial charge is 0.457 e. The highest BCUT2D eigenvalue weighted by atomic mass is 127. The van der Waals surface area contributed by atoms with Crippen molar-refractivity contribution in [1.29, 1.82) is 0 Å². The summed E-state index contributed by atoms with van der Waals surface area (Å²) >= 11 is 1.99. The van der Waals surface area contributed by atoms with Gasteiger partial charge in [0.05, 0.1) is 5.56 Å². The zero-order valence-electron chi connectivity index (χ0n) is 11.8. The molecule has 0 aromatic heterocycles. The van der Waals surface area contributed by atoms with Gasteiger partial charge in [0, 0.05) is 3.57 Å². The average molecular weight is 448 g/mol. The highest BCUT2D eigenvalue weighted by molar-refractivity contribution is 14.1. The molecule has 0 aliphatic heterocycles. The summed E-state index contributed by atoms with van der Waals surface area (Å²) in [6.07, 6.45) is -3.56. The van der Waals surface area contributed by atoms with Gasteiger partial charge in [-0.3, -0.25) is 0 Å². The van der Waals surface area contributed by atoms with Crippen LogP contribution in [0.3, 0.4) is 0 Å². The van der Waals surface area contributed by atoms with E-state index in [2.05, 4.69) is 0 Å². The lowest BCUT2D eigenvalue weighted by Crippen LogP contribution is -2.33. The molecule has 0 unspecified atom stereocenters. The van der Waals surface area contributed by atoms with Gasteiger partial charge in [0.2, 0.25) is 0 Å². The van der Waals surface area contributed by atoms with Crippen molar-refractivity contribution in [2.45, 2.75) is 37.8 Å². The van der Waals surface area contributed by atoms with E-state index in [0.717, 1.165) is 9.65 Å². The summed E-state index contributed by atoms with van der Waals surface area (Å²) in [5.41, 5.74) is 0.790. The minimum absolute atomic E-state index is 0.0679. The number of carboxylic acids is 1. The first kappa shape index (κ1) is 19.9. The number of unbranched alkanes of at least 4 members (excludes halogenated alkanes) is 2. The highest BCUT2D eigenvalue weighted by Gasteiger charge is 2.55. The normalized spacial score (nSPS) is 12.8. The third kappa shape index (κ3) is 6.08. The first-order valence-corrected chi connectivity index (χ1v) is 7.76. The third-order valence-corrected chi connectivity index (χ3v) is 3.75. The number of allylic oxidation sites excluding steroid dienone is 2. The number of hydrogen-bond acceptors (Lipinski definition) is 1. The third-order valence-electron chi connectivity index (χ3n) is 3.07. The van der Waals surface area contributed by atoms with Crippen LogP contribution in [0.4, 0.5) is 22.0 Å². The Morgan fingerprint density at radius 2 is 1.83 bits per heavy atom. The number of alkyl halides is 5. The van der Waals surface area contributed by atoms with Crippen molar-refractivity contribution in [2.75, 3.05) is 0 Å². The fourth-order valence-electron chi connectivity index (χ4n) is 1.87. The van der Waals surface area contributed by atoms with Crippen molar-refractivity contribution in [2.24, 2.45) is 0 Å². The monoisotopic (exact) mass is 448 g/mol. The Morgan fingerprint density at radius 3 is 2.39 bits per heavy atom. The zero-order chi connectivity index (χ0) is 17.7. The Bertz CT molecular complexity index is 582. The van der Waals surface area contributed by atoms with Crippen molar-refractivity contribution in [3.05, 3.63) is 45.0 Å². The standard InChI is InChI=1S/C15H14F5IO2/c16-14(17,15(18,19)20)8-4-2-1-3-5-10-6-7-11(21)9-12(10)13(22)23/h4,6-9H,1-3,5H2,(H,22,23). The van der Waals surface area contributed by atoms with Gasteiger partial charge < -0.3 is 5.11 Å². The number of aromatic carboxylic acids is 1. The second-order valence-corrected chi connectivity index (χ2v) is 6.12. The Labute approximate surface area is 143 Å². The molecule has 0 fully saturated rings. The first-order chi connectivity index (χ1) is 10.5. The first-order valence-electron chi connectivity index (χ1n) is 6.68. The molecule has 0 bridgehead atoms. The Morgan fingerprint density at radius 1 is 1.17 bits per heavy atom. The van der Waals surface area contributed by atoms with Crippen molar-refractivity contribution in [3.8, 4) is 0 Å². The molecular weight excluding hydrogens is 434 g/mol. The van der Waals surface area contributed by atoms with Crippen molar-refractivity contribution in [3.63, 3.8) is 0 Å². The number of carbonyl (C=O) groups is 1. The second-order valence-electron chi connectivity index (χ2n) is 4.88. The number of rotatable bonds is 7. The van der Waals surface area contributed by atoms with Crippen LogP contribution in [0, 0.1) is 3.57 Å². The van der Waals surface area contributed by atoms with Crippen LogP contribution in [0.1, 0.15) is 35.2 Å². The summed E-state index contributed by atoms with van der Waals surface area (Å²) < 4.78 is 61.8. The molecule has 0 aliphatic rings. The molecule has 1 N–H and O–H groups in total. The Balaban J connectivity index is 2.49. The van der Waals surface area contributed by atoms with E-state index in [9.17, 15) is 26.7 Å². The summed E-state index contributed by atoms with van der Waals surface area (Å²) in [6.45, 7) is 0. The van der Waals surface area contributed by atoms with Crippen LogP contribution in [0.15, 0.2) is 30.4 Å². The lowest BCUT2D eigenvalue weighted by molar-refractivity contribution is -0.259. The van der Waals surface area contributed by atoms with Gasteiger partial charge in [-0.15, -0.1) is 0 Å². The maximum atomic E-state index is 12.6. The van der Waals surface area contributed by atoms with E-state index in [0.29, 0.717) is 24.8 Å². The van der Waals surface area contributed by atoms with Gasteiger partial charge in [0.1, 0.15) is 0 Å². The van der Waals surface area contributed by atoms with E-state index in [1.165, 1.54) is 6.07 Å². The zero-order valence-corrected chi connectivity index (χ0v) is 14.0. The molecule has 0 radical (unpaired) electrons. The SMILES string of the molecule is O=C(O)c1cc(I)ccc1CCCCC=CC(F)(F)C(F)(F)F. The molecule has 23 heavy (non-hydrogen) atoms. The molecule has 2 nitrogen and oxygen atoms in total. The van der Waals surface area contributed by atoms with E-state index < -0.39 is 18.1 Å². The molecule has 0 atom stereocenters. The quantitative estimate of drug-likeness (QED) is 0.261. The van der Waals surface area contributed by atoms with Gasteiger partial charge in [-0.2, -0.15) is 22.0 Å². The van der Waals surface area contributed by atoms with Gasteiger partial charge in [-0.05, 0) is 72.0 Å². The van der Waals surface area contributed by atoms with E-state index >= 15 is 0 Å². The highest BCUT2D eigenvalue weighted by Crippen LogP contribution is 2.36. The van der Waals surface area contributed by atoms with Crippen LogP contribution >= 0.6 is 22.6 Å². The predicted octanol–water partition coefficient (Wildman–Crippen LogP) is 5.46. The minimum Gasteiger partial charge on any atom is -0.478 e. The second kappa shape index (κ2) is 8.07. The lowest BCUT2D eigenvalue weighted by atomic mass is 10.0. The molecule has 128 valence electrons. The van der Waals surface area contributed by atoms with Gasteiger partial charge >= 0.3 is 18.1 Å². The molecule has 1 aromatic rings. The molecule has 0 heterocycles. The molecular formula is C15H14F5IO2. The molecule has 8 heteroatoms. The van der Waals surface area contributed by atoms with Crippen molar-refractivity contribution < 1.29 is 31.9 Å². The molecule has 0 aliphatic carbocycles. The lowest BCUT2D eigenvalue weighted by Gasteiger charge is -2.15. The number of hydrogen-bond donors (Lipinski definition) is 1. The maximum absolute atomic E-state index is 12.6. The number of carboxylic acid groups (broad SMARTS) is 1. The maximum Gasteiger partial charge on any atom is 0.457 e. The largest absolute Gasteiger partial charge is 0.478 e. The Kier molecular flexibility index (Phi) is 6.97.